The van der Waals surface area contributed by atoms with Crippen LogP contribution in [0.5, 0.6) is 0 Å². The summed E-state index contributed by atoms with van der Waals surface area (Å²) in [5.41, 5.74) is 0.429. The Labute approximate surface area is 160 Å². The fourth-order valence-electron chi connectivity index (χ4n) is 2.06. The van der Waals surface area contributed by atoms with Gasteiger partial charge < -0.3 is 14.8 Å². The van der Waals surface area contributed by atoms with Gasteiger partial charge in [-0.1, -0.05) is 26.0 Å². The molecular weight excluding hydrogens is 372 g/mol. The van der Waals surface area contributed by atoms with Crippen LogP contribution in [0, 0.1) is 5.92 Å². The molecule has 0 saturated heterocycles. The molecule has 1 atom stereocenters. The quantitative estimate of drug-likeness (QED) is 0.681. The van der Waals surface area contributed by atoms with Gasteiger partial charge in [0, 0.05) is 5.69 Å². The van der Waals surface area contributed by atoms with E-state index >= 15 is 0 Å². The van der Waals surface area contributed by atoms with E-state index in [1.807, 2.05) is 0 Å². The number of nitrogens with one attached hydrogen (secondary N) is 2. The molecule has 0 aliphatic heterocycles. The number of carbonyl (C=O) groups is 2. The lowest BCUT2D eigenvalue weighted by molar-refractivity contribution is -0.148. The Balaban J connectivity index is 2.65. The number of ether oxygens (including phenoxy) is 2. The lowest BCUT2D eigenvalue weighted by Crippen LogP contribution is -2.47. The van der Waals surface area contributed by atoms with Gasteiger partial charge in [0.2, 0.25) is 10.0 Å². The minimum Gasteiger partial charge on any atom is -0.459 e. The molecule has 9 heteroatoms. The fraction of sp³-hybridized carbons (Fsp3) is 0.556. The van der Waals surface area contributed by atoms with Gasteiger partial charge in [-0.3, -0.25) is 4.72 Å². The summed E-state index contributed by atoms with van der Waals surface area (Å²) in [6.45, 7) is 8.77. The van der Waals surface area contributed by atoms with E-state index < -0.39 is 33.7 Å². The van der Waals surface area contributed by atoms with Gasteiger partial charge in [-0.05, 0) is 44.4 Å². The number of hydrogen-bond acceptors (Lipinski definition) is 6. The van der Waals surface area contributed by atoms with Crippen LogP contribution in [0.25, 0.3) is 0 Å². The molecule has 0 aromatic heterocycles. The highest BCUT2D eigenvalue weighted by molar-refractivity contribution is 7.92. The van der Waals surface area contributed by atoms with Crippen molar-refractivity contribution in [2.45, 2.75) is 52.9 Å². The smallest absolute Gasteiger partial charge is 0.408 e. The van der Waals surface area contributed by atoms with Gasteiger partial charge in [0.25, 0.3) is 0 Å². The first kappa shape index (κ1) is 22.8. The van der Waals surface area contributed by atoms with Crippen LogP contribution in [0.2, 0.25) is 0 Å². The minimum atomic E-state index is -3.35. The first-order valence-corrected chi connectivity index (χ1v) is 10.4. The molecule has 1 aromatic carbocycles. The molecule has 152 valence electrons. The van der Waals surface area contributed by atoms with Gasteiger partial charge in [-0.2, -0.15) is 0 Å². The summed E-state index contributed by atoms with van der Waals surface area (Å²) < 4.78 is 35.2. The molecule has 0 heterocycles. The number of anilines is 1. The highest BCUT2D eigenvalue weighted by atomic mass is 32.2. The number of carbonyl (C=O) groups excluding carboxylic acids is 2. The number of sulfonamides is 1. The van der Waals surface area contributed by atoms with Crippen LogP contribution in [-0.4, -0.2) is 38.4 Å². The lowest BCUT2D eigenvalue weighted by atomic mass is 10.1. The average Bonchev–Trinajstić information content (AvgIpc) is 2.48. The van der Waals surface area contributed by atoms with Crippen molar-refractivity contribution in [1.82, 2.24) is 5.32 Å². The van der Waals surface area contributed by atoms with E-state index in [2.05, 4.69) is 10.0 Å². The normalized spacial score (nSPS) is 13.0. The molecule has 2 N–H and O–H groups in total. The van der Waals surface area contributed by atoms with Crippen LogP contribution in [0.3, 0.4) is 0 Å². The van der Waals surface area contributed by atoms with E-state index in [-0.39, 0.29) is 12.5 Å². The zero-order valence-electron chi connectivity index (χ0n) is 16.5. The maximum absolute atomic E-state index is 12.3. The van der Waals surface area contributed by atoms with Crippen LogP contribution >= 0.6 is 0 Å². The van der Waals surface area contributed by atoms with Crippen LogP contribution in [0.1, 0.15) is 40.2 Å². The molecule has 1 amide bonds. The largest absolute Gasteiger partial charge is 0.459 e. The standard InChI is InChI=1S/C18H28N2O6S/c1-12(2)15(19-17(22)26-18(3,4)5)16(21)25-11-13-7-9-14(10-8-13)20-27(6,23)24/h7-10,12,15,20H,11H2,1-6H3,(H,19,22)/t15-/m0/s1. The van der Waals surface area contributed by atoms with E-state index in [0.717, 1.165) is 6.26 Å². The van der Waals surface area contributed by atoms with Crippen molar-refractivity contribution in [1.29, 1.82) is 0 Å². The summed E-state index contributed by atoms with van der Waals surface area (Å²) in [6.07, 6.45) is 0.376. The Morgan fingerprint density at radius 3 is 2.11 bits per heavy atom. The number of alkyl carbamates (subject to hydrolysis) is 1. The van der Waals surface area contributed by atoms with Crippen molar-refractivity contribution in [3.8, 4) is 0 Å². The third-order valence-electron chi connectivity index (χ3n) is 3.23. The van der Waals surface area contributed by atoms with Gasteiger partial charge >= 0.3 is 12.1 Å². The monoisotopic (exact) mass is 400 g/mol. The summed E-state index contributed by atoms with van der Waals surface area (Å²) >= 11 is 0. The zero-order chi connectivity index (χ0) is 20.8. The third-order valence-corrected chi connectivity index (χ3v) is 3.84. The Hall–Kier alpha value is -2.29. The van der Waals surface area contributed by atoms with Gasteiger partial charge in [0.05, 0.1) is 6.26 Å². The summed E-state index contributed by atoms with van der Waals surface area (Å²) in [4.78, 5) is 24.2. The molecule has 0 spiro atoms. The second-order valence-electron chi connectivity index (χ2n) is 7.55. The van der Waals surface area contributed by atoms with Gasteiger partial charge in [-0.15, -0.1) is 0 Å². The molecule has 0 aliphatic carbocycles. The molecule has 1 rings (SSSR count). The molecule has 0 bridgehead atoms. The van der Waals surface area contributed by atoms with E-state index in [1.165, 1.54) is 0 Å². The zero-order valence-corrected chi connectivity index (χ0v) is 17.3. The highest BCUT2D eigenvalue weighted by Gasteiger charge is 2.28. The van der Waals surface area contributed by atoms with Crippen LogP contribution in [-0.2, 0) is 30.9 Å². The van der Waals surface area contributed by atoms with Crippen molar-refractivity contribution in [2.75, 3.05) is 11.0 Å². The summed E-state index contributed by atoms with van der Waals surface area (Å²) in [5.74, 6) is -0.763. The predicted octanol–water partition coefficient (Wildman–Crippen LogP) is 2.65. The number of amides is 1. The molecule has 1 aromatic rings. The summed E-state index contributed by atoms with van der Waals surface area (Å²) in [7, 11) is -3.35. The third kappa shape index (κ3) is 9.28. The van der Waals surface area contributed by atoms with Crippen molar-refractivity contribution in [3.63, 3.8) is 0 Å². The molecule has 0 saturated carbocycles. The lowest BCUT2D eigenvalue weighted by Gasteiger charge is -2.24. The Morgan fingerprint density at radius 2 is 1.67 bits per heavy atom. The maximum atomic E-state index is 12.3. The topological polar surface area (TPSA) is 111 Å². The second-order valence-corrected chi connectivity index (χ2v) is 9.30. The van der Waals surface area contributed by atoms with Gasteiger partial charge in [0.1, 0.15) is 18.2 Å². The Morgan fingerprint density at radius 1 is 1.11 bits per heavy atom. The fourth-order valence-corrected chi connectivity index (χ4v) is 2.62. The molecule has 27 heavy (non-hydrogen) atoms. The number of rotatable bonds is 7. The van der Waals surface area contributed by atoms with E-state index in [0.29, 0.717) is 11.3 Å². The molecule has 0 radical (unpaired) electrons. The average molecular weight is 400 g/mol. The van der Waals surface area contributed by atoms with Crippen molar-refractivity contribution in [3.05, 3.63) is 29.8 Å². The first-order valence-electron chi connectivity index (χ1n) is 8.50. The SMILES string of the molecule is CC(C)[C@H](NC(=O)OC(C)(C)C)C(=O)OCc1ccc(NS(C)(=O)=O)cc1. The Bertz CT molecular complexity index is 751. The molecular formula is C18H28N2O6S. The predicted molar refractivity (Wildman–Crippen MR) is 103 cm³/mol. The number of hydrogen-bond donors (Lipinski definition) is 2. The van der Waals surface area contributed by atoms with Crippen molar-refractivity contribution < 1.29 is 27.5 Å². The van der Waals surface area contributed by atoms with Crippen LogP contribution < -0.4 is 10.0 Å². The number of esters is 1. The molecule has 8 nitrogen and oxygen atoms in total. The van der Waals surface area contributed by atoms with Gasteiger partial charge in [0.15, 0.2) is 0 Å². The minimum absolute atomic E-state index is 0.00277. The van der Waals surface area contributed by atoms with E-state index in [4.69, 9.17) is 9.47 Å². The van der Waals surface area contributed by atoms with E-state index in [1.54, 1.807) is 58.9 Å². The van der Waals surface area contributed by atoms with Gasteiger partial charge in [-0.25, -0.2) is 18.0 Å². The Kier molecular flexibility index (Phi) is 7.65. The number of benzene rings is 1. The highest BCUT2D eigenvalue weighted by Crippen LogP contribution is 2.13. The van der Waals surface area contributed by atoms with Crippen LogP contribution in [0.15, 0.2) is 24.3 Å². The van der Waals surface area contributed by atoms with E-state index in [9.17, 15) is 18.0 Å². The molecule has 0 aliphatic rings. The first-order chi connectivity index (χ1) is 12.3. The van der Waals surface area contributed by atoms with Crippen molar-refractivity contribution in [2.24, 2.45) is 5.92 Å². The second kappa shape index (κ2) is 9.07. The van der Waals surface area contributed by atoms with Crippen LogP contribution in [0.4, 0.5) is 10.5 Å². The van der Waals surface area contributed by atoms with Crippen molar-refractivity contribution >= 4 is 27.8 Å². The maximum Gasteiger partial charge on any atom is 0.408 e. The summed E-state index contributed by atoms with van der Waals surface area (Å²) in [5, 5.41) is 2.53. The molecule has 0 unspecified atom stereocenters. The summed E-state index contributed by atoms with van der Waals surface area (Å²) in [6, 6.07) is 5.59. The molecule has 0 fully saturated rings.